The van der Waals surface area contributed by atoms with Gasteiger partial charge in [-0.2, -0.15) is 0 Å². The van der Waals surface area contributed by atoms with Gasteiger partial charge in [0.2, 0.25) is 11.8 Å². The molecule has 0 bridgehead atoms. The number of benzene rings is 1. The summed E-state index contributed by atoms with van der Waals surface area (Å²) < 4.78 is 6.25. The van der Waals surface area contributed by atoms with Gasteiger partial charge in [0.15, 0.2) is 0 Å². The molecule has 0 atom stereocenters. The van der Waals surface area contributed by atoms with Gasteiger partial charge < -0.3 is 9.40 Å². The van der Waals surface area contributed by atoms with Crippen LogP contribution in [0.5, 0.6) is 0 Å². The molecule has 0 saturated carbocycles. The van der Waals surface area contributed by atoms with Crippen molar-refractivity contribution in [3.63, 3.8) is 0 Å². The first-order chi connectivity index (χ1) is 9.54. The van der Waals surface area contributed by atoms with Gasteiger partial charge >= 0.3 is 5.69 Å². The Morgan fingerprint density at radius 2 is 2.05 bits per heavy atom. The minimum Gasteiger partial charge on any atom is -0.424 e. The van der Waals surface area contributed by atoms with Crippen LogP contribution in [0.1, 0.15) is 17.3 Å². The summed E-state index contributed by atoms with van der Waals surface area (Å²) in [4.78, 5) is 27.0. The van der Waals surface area contributed by atoms with E-state index in [0.29, 0.717) is 16.8 Å². The first-order valence-electron chi connectivity index (χ1n) is 6.07. The van der Waals surface area contributed by atoms with Gasteiger partial charge in [-0.25, -0.2) is 4.79 Å². The minimum atomic E-state index is -0.498. The monoisotopic (exact) mass is 272 g/mol. The Morgan fingerprint density at radius 3 is 2.75 bits per heavy atom. The Hall–Kier alpha value is -2.70. The van der Waals surface area contributed by atoms with Crippen LogP contribution in [-0.2, 0) is 6.54 Å². The molecule has 20 heavy (non-hydrogen) atoms. The minimum absolute atomic E-state index is 0.0428. The third kappa shape index (κ3) is 2.03. The van der Waals surface area contributed by atoms with Crippen LogP contribution in [-0.4, -0.2) is 19.7 Å². The molecule has 2 aromatic heterocycles. The second-order valence-electron chi connectivity index (χ2n) is 4.59. The van der Waals surface area contributed by atoms with Crippen LogP contribution >= 0.6 is 0 Å². The standard InChI is InChI=1S/C13H12N4O3/c1-7-3-4-10-9(5-7)12(18)17(13(19)14-10)6-11-16-15-8(2)20-11/h3-5H,6H2,1-2H3,(H,14,19). The van der Waals surface area contributed by atoms with E-state index in [9.17, 15) is 9.59 Å². The van der Waals surface area contributed by atoms with E-state index in [-0.39, 0.29) is 18.0 Å². The van der Waals surface area contributed by atoms with Crippen molar-refractivity contribution in [1.82, 2.24) is 19.7 Å². The van der Waals surface area contributed by atoms with Crippen molar-refractivity contribution in [2.75, 3.05) is 0 Å². The summed E-state index contributed by atoms with van der Waals surface area (Å²) in [5.74, 6) is 0.614. The molecule has 0 unspecified atom stereocenters. The van der Waals surface area contributed by atoms with Gasteiger partial charge in [0.1, 0.15) is 6.54 Å². The topological polar surface area (TPSA) is 93.8 Å². The highest BCUT2D eigenvalue weighted by atomic mass is 16.4. The molecule has 2 heterocycles. The first-order valence-corrected chi connectivity index (χ1v) is 6.07. The molecule has 0 amide bonds. The number of fused-ring (bicyclic) bond motifs is 1. The number of rotatable bonds is 2. The zero-order valence-corrected chi connectivity index (χ0v) is 11.0. The predicted octanol–water partition coefficient (Wildman–Crippen LogP) is 0.738. The molecule has 0 saturated heterocycles. The van der Waals surface area contributed by atoms with Crippen molar-refractivity contribution in [1.29, 1.82) is 0 Å². The van der Waals surface area contributed by atoms with E-state index in [4.69, 9.17) is 4.42 Å². The van der Waals surface area contributed by atoms with Crippen LogP contribution in [0.2, 0.25) is 0 Å². The molecule has 7 heteroatoms. The maximum absolute atomic E-state index is 12.4. The summed E-state index contributed by atoms with van der Waals surface area (Å²) in [6, 6.07) is 5.29. The summed E-state index contributed by atoms with van der Waals surface area (Å²) in [6.45, 7) is 3.49. The van der Waals surface area contributed by atoms with Gasteiger partial charge in [0.25, 0.3) is 5.56 Å². The summed E-state index contributed by atoms with van der Waals surface area (Å²) in [5, 5.41) is 7.93. The summed E-state index contributed by atoms with van der Waals surface area (Å²) in [6.07, 6.45) is 0. The lowest BCUT2D eigenvalue weighted by molar-refractivity contribution is 0.448. The molecule has 0 fully saturated rings. The molecule has 0 aliphatic heterocycles. The number of hydrogen-bond acceptors (Lipinski definition) is 5. The molecule has 0 aliphatic rings. The highest BCUT2D eigenvalue weighted by Gasteiger charge is 2.11. The molecular formula is C13H12N4O3. The second-order valence-corrected chi connectivity index (χ2v) is 4.59. The molecule has 7 nitrogen and oxygen atoms in total. The zero-order chi connectivity index (χ0) is 14.3. The molecule has 1 N–H and O–H groups in total. The van der Waals surface area contributed by atoms with E-state index in [2.05, 4.69) is 15.2 Å². The highest BCUT2D eigenvalue weighted by Crippen LogP contribution is 2.08. The van der Waals surface area contributed by atoms with Crippen molar-refractivity contribution in [3.8, 4) is 0 Å². The van der Waals surface area contributed by atoms with E-state index in [1.54, 1.807) is 19.1 Å². The van der Waals surface area contributed by atoms with Crippen molar-refractivity contribution >= 4 is 10.9 Å². The maximum Gasteiger partial charge on any atom is 0.329 e. The normalized spacial score (nSPS) is 11.1. The largest absolute Gasteiger partial charge is 0.424 e. The zero-order valence-electron chi connectivity index (χ0n) is 11.0. The number of hydrogen-bond donors (Lipinski definition) is 1. The quantitative estimate of drug-likeness (QED) is 0.742. The van der Waals surface area contributed by atoms with Gasteiger partial charge in [-0.15, -0.1) is 10.2 Å². The fraction of sp³-hybridized carbons (Fsp3) is 0.231. The Kier molecular flexibility index (Phi) is 2.74. The summed E-state index contributed by atoms with van der Waals surface area (Å²) in [5.41, 5.74) is 0.593. The number of aryl methyl sites for hydroxylation is 2. The third-order valence-electron chi connectivity index (χ3n) is 3.00. The molecule has 102 valence electrons. The molecule has 0 spiro atoms. The summed E-state index contributed by atoms with van der Waals surface area (Å²) >= 11 is 0. The smallest absolute Gasteiger partial charge is 0.329 e. The third-order valence-corrected chi connectivity index (χ3v) is 3.00. The molecule has 3 aromatic rings. The number of nitrogens with zero attached hydrogens (tertiary/aromatic N) is 3. The van der Waals surface area contributed by atoms with Crippen LogP contribution in [0.4, 0.5) is 0 Å². The first kappa shape index (κ1) is 12.3. The summed E-state index contributed by atoms with van der Waals surface area (Å²) in [7, 11) is 0. The highest BCUT2D eigenvalue weighted by molar-refractivity contribution is 5.77. The molecule has 1 aromatic carbocycles. The fourth-order valence-corrected chi connectivity index (χ4v) is 2.04. The average molecular weight is 272 g/mol. The van der Waals surface area contributed by atoms with Crippen LogP contribution in [0, 0.1) is 13.8 Å². The molecule has 3 rings (SSSR count). The van der Waals surface area contributed by atoms with Gasteiger partial charge in [0, 0.05) is 6.92 Å². The fourth-order valence-electron chi connectivity index (χ4n) is 2.04. The molecular weight excluding hydrogens is 260 g/mol. The maximum atomic E-state index is 12.4. The van der Waals surface area contributed by atoms with Crippen molar-refractivity contribution in [2.24, 2.45) is 0 Å². The predicted molar refractivity (Wildman–Crippen MR) is 71.7 cm³/mol. The van der Waals surface area contributed by atoms with E-state index in [0.717, 1.165) is 10.1 Å². The molecule has 0 radical (unpaired) electrons. The lowest BCUT2D eigenvalue weighted by Crippen LogP contribution is -2.35. The average Bonchev–Trinajstić information content (AvgIpc) is 2.81. The number of aromatic amines is 1. The van der Waals surface area contributed by atoms with Gasteiger partial charge in [-0.1, -0.05) is 11.6 Å². The van der Waals surface area contributed by atoms with E-state index < -0.39 is 5.69 Å². The Morgan fingerprint density at radius 1 is 1.25 bits per heavy atom. The van der Waals surface area contributed by atoms with Gasteiger partial charge in [-0.3, -0.25) is 9.36 Å². The van der Waals surface area contributed by atoms with E-state index >= 15 is 0 Å². The lowest BCUT2D eigenvalue weighted by atomic mass is 10.2. The van der Waals surface area contributed by atoms with Crippen LogP contribution in [0.3, 0.4) is 0 Å². The number of aromatic nitrogens is 4. The van der Waals surface area contributed by atoms with Crippen molar-refractivity contribution in [2.45, 2.75) is 20.4 Å². The van der Waals surface area contributed by atoms with Crippen LogP contribution in [0.15, 0.2) is 32.2 Å². The van der Waals surface area contributed by atoms with Crippen molar-refractivity contribution < 1.29 is 4.42 Å². The van der Waals surface area contributed by atoms with E-state index in [1.165, 1.54) is 0 Å². The van der Waals surface area contributed by atoms with Gasteiger partial charge in [0.05, 0.1) is 10.9 Å². The Balaban J connectivity index is 2.20. The van der Waals surface area contributed by atoms with Crippen LogP contribution in [0.25, 0.3) is 10.9 Å². The lowest BCUT2D eigenvalue weighted by Gasteiger charge is -2.04. The van der Waals surface area contributed by atoms with Gasteiger partial charge in [-0.05, 0) is 19.1 Å². The number of H-pyrrole nitrogens is 1. The second kappa shape index (κ2) is 4.44. The Bertz CT molecular complexity index is 904. The van der Waals surface area contributed by atoms with Crippen molar-refractivity contribution in [3.05, 3.63) is 56.4 Å². The molecule has 0 aliphatic carbocycles. The SMILES string of the molecule is Cc1ccc2[nH]c(=O)n(Cc3nnc(C)o3)c(=O)c2c1. The Labute approximate surface area is 112 Å². The van der Waals surface area contributed by atoms with Crippen LogP contribution < -0.4 is 11.2 Å². The number of nitrogens with one attached hydrogen (secondary N) is 1. The van der Waals surface area contributed by atoms with E-state index in [1.807, 2.05) is 13.0 Å².